The maximum absolute atomic E-state index is 11.1. The van der Waals surface area contributed by atoms with E-state index in [1.54, 1.807) is 6.92 Å². The van der Waals surface area contributed by atoms with Crippen LogP contribution in [0.1, 0.15) is 33.6 Å². The van der Waals surface area contributed by atoms with Gasteiger partial charge in [0.1, 0.15) is 25.7 Å². The predicted molar refractivity (Wildman–Crippen MR) is 63.8 cm³/mol. The molecule has 6 nitrogen and oxygen atoms in total. The van der Waals surface area contributed by atoms with Crippen LogP contribution >= 0.6 is 0 Å². The number of hydrogen-bond acceptors (Lipinski definition) is 5. The Morgan fingerprint density at radius 2 is 2.00 bits per heavy atom. The van der Waals surface area contributed by atoms with Crippen molar-refractivity contribution in [2.75, 3.05) is 13.2 Å². The molecule has 18 heavy (non-hydrogen) atoms. The topological polar surface area (TPSA) is 82.1 Å². The summed E-state index contributed by atoms with van der Waals surface area (Å²) >= 11 is 0. The molecular weight excluding hydrogens is 240 g/mol. The van der Waals surface area contributed by atoms with Gasteiger partial charge in [0, 0.05) is 0 Å². The van der Waals surface area contributed by atoms with Crippen molar-refractivity contribution >= 4 is 11.9 Å². The summed E-state index contributed by atoms with van der Waals surface area (Å²) in [6.07, 6.45) is 1.28. The van der Waals surface area contributed by atoms with E-state index >= 15 is 0 Å². The number of allylic oxidation sites excluding steroid dienone is 1. The summed E-state index contributed by atoms with van der Waals surface area (Å²) in [5.74, 6) is -1.99. The summed E-state index contributed by atoms with van der Waals surface area (Å²) in [6.45, 7) is 6.02. The van der Waals surface area contributed by atoms with Crippen LogP contribution in [0.25, 0.3) is 0 Å². The number of rotatable bonds is 9. The van der Waals surface area contributed by atoms with E-state index < -0.39 is 24.5 Å². The highest BCUT2D eigenvalue weighted by Gasteiger charge is 2.15. The fourth-order valence-electron chi connectivity index (χ4n) is 0.928. The van der Waals surface area contributed by atoms with Gasteiger partial charge in [0.25, 0.3) is 0 Å². The molecule has 0 spiro atoms. The summed E-state index contributed by atoms with van der Waals surface area (Å²) in [4.78, 5) is 31.2. The average molecular weight is 260 g/mol. The highest BCUT2D eigenvalue weighted by Crippen LogP contribution is 2.03. The third-order valence-corrected chi connectivity index (χ3v) is 2.17. The second-order valence-electron chi connectivity index (χ2n) is 3.77. The standard InChI is InChI=1S/C12H20O6/c1-4-9(3)7-16-17-8-10(5-2)18-12(15)6-11(13)14/h4,10H,5-8H2,1-3H3,(H,13,14)/b9-4+. The predicted octanol–water partition coefficient (Wildman–Crippen LogP) is 1.70. The SMILES string of the molecule is C/C=C(\C)COOCC(CC)OC(=O)CC(=O)O. The fourth-order valence-corrected chi connectivity index (χ4v) is 0.928. The molecule has 0 aliphatic rings. The van der Waals surface area contributed by atoms with Gasteiger partial charge in [-0.2, -0.15) is 0 Å². The van der Waals surface area contributed by atoms with Crippen molar-refractivity contribution in [1.82, 2.24) is 0 Å². The van der Waals surface area contributed by atoms with E-state index in [0.29, 0.717) is 13.0 Å². The number of carboxylic acids is 1. The van der Waals surface area contributed by atoms with Gasteiger partial charge in [-0.25, -0.2) is 9.78 Å². The lowest BCUT2D eigenvalue weighted by Gasteiger charge is -2.15. The van der Waals surface area contributed by atoms with Gasteiger partial charge >= 0.3 is 11.9 Å². The first-order valence-corrected chi connectivity index (χ1v) is 5.77. The van der Waals surface area contributed by atoms with Crippen LogP contribution < -0.4 is 0 Å². The van der Waals surface area contributed by atoms with Crippen molar-refractivity contribution in [3.8, 4) is 0 Å². The lowest BCUT2D eigenvalue weighted by Crippen LogP contribution is -2.24. The summed E-state index contributed by atoms with van der Waals surface area (Å²) in [5.41, 5.74) is 1.02. The second-order valence-corrected chi connectivity index (χ2v) is 3.77. The van der Waals surface area contributed by atoms with Crippen molar-refractivity contribution in [1.29, 1.82) is 0 Å². The van der Waals surface area contributed by atoms with E-state index in [1.165, 1.54) is 0 Å². The highest BCUT2D eigenvalue weighted by atomic mass is 17.2. The molecule has 0 saturated carbocycles. The molecule has 1 N–H and O–H groups in total. The molecule has 0 rings (SSSR count). The van der Waals surface area contributed by atoms with Crippen molar-refractivity contribution < 1.29 is 29.2 Å². The zero-order valence-electron chi connectivity index (χ0n) is 11.0. The molecular formula is C12H20O6. The molecule has 6 heteroatoms. The van der Waals surface area contributed by atoms with E-state index in [9.17, 15) is 9.59 Å². The number of esters is 1. The van der Waals surface area contributed by atoms with Gasteiger partial charge in [-0.3, -0.25) is 9.59 Å². The summed E-state index contributed by atoms with van der Waals surface area (Å²) < 4.78 is 4.90. The monoisotopic (exact) mass is 260 g/mol. The van der Waals surface area contributed by atoms with Crippen LogP contribution in [0.4, 0.5) is 0 Å². The third-order valence-electron chi connectivity index (χ3n) is 2.17. The van der Waals surface area contributed by atoms with Gasteiger partial charge in [0.05, 0.1) is 0 Å². The second kappa shape index (κ2) is 9.61. The van der Waals surface area contributed by atoms with Crippen LogP contribution in [0.2, 0.25) is 0 Å². The minimum absolute atomic E-state index is 0.0822. The molecule has 0 amide bonds. The van der Waals surface area contributed by atoms with Crippen LogP contribution in [0.5, 0.6) is 0 Å². The molecule has 0 aliphatic heterocycles. The summed E-state index contributed by atoms with van der Waals surface area (Å²) in [7, 11) is 0. The molecule has 1 unspecified atom stereocenters. The summed E-state index contributed by atoms with van der Waals surface area (Å²) in [6, 6.07) is 0. The third kappa shape index (κ3) is 8.72. The van der Waals surface area contributed by atoms with Crippen molar-refractivity contribution in [3.63, 3.8) is 0 Å². The van der Waals surface area contributed by atoms with Gasteiger partial charge in [-0.1, -0.05) is 13.0 Å². The number of carbonyl (C=O) groups is 2. The van der Waals surface area contributed by atoms with Crippen LogP contribution in [0.3, 0.4) is 0 Å². The molecule has 0 aromatic rings. The number of carboxylic acid groups (broad SMARTS) is 1. The largest absolute Gasteiger partial charge is 0.481 e. The van der Waals surface area contributed by atoms with Gasteiger partial charge in [0.15, 0.2) is 0 Å². The minimum Gasteiger partial charge on any atom is -0.481 e. The number of aliphatic carboxylic acids is 1. The summed E-state index contributed by atoms with van der Waals surface area (Å²) in [5, 5.41) is 8.41. The average Bonchev–Trinajstić information content (AvgIpc) is 2.31. The smallest absolute Gasteiger partial charge is 0.317 e. The van der Waals surface area contributed by atoms with E-state index in [-0.39, 0.29) is 6.61 Å². The normalized spacial score (nSPS) is 13.2. The van der Waals surface area contributed by atoms with Gasteiger partial charge in [-0.05, 0) is 25.8 Å². The Balaban J connectivity index is 3.83. The Bertz CT molecular complexity index is 297. The molecule has 0 aromatic heterocycles. The highest BCUT2D eigenvalue weighted by molar-refractivity contribution is 5.90. The lowest BCUT2D eigenvalue weighted by atomic mass is 10.3. The first-order valence-electron chi connectivity index (χ1n) is 5.77. The van der Waals surface area contributed by atoms with Crippen LogP contribution in [-0.2, 0) is 24.1 Å². The van der Waals surface area contributed by atoms with Gasteiger partial charge in [-0.15, -0.1) is 0 Å². The molecule has 0 saturated heterocycles. The minimum atomic E-state index is -1.21. The van der Waals surface area contributed by atoms with Gasteiger partial charge < -0.3 is 9.84 Å². The Morgan fingerprint density at radius 1 is 1.33 bits per heavy atom. The maximum Gasteiger partial charge on any atom is 0.317 e. The van der Waals surface area contributed by atoms with E-state index in [4.69, 9.17) is 19.6 Å². The Hall–Kier alpha value is -1.40. The first-order chi connectivity index (χ1) is 8.49. The van der Waals surface area contributed by atoms with Crippen molar-refractivity contribution in [3.05, 3.63) is 11.6 Å². The zero-order valence-corrected chi connectivity index (χ0v) is 11.0. The first kappa shape index (κ1) is 16.6. The molecule has 0 heterocycles. The molecule has 0 aromatic carbocycles. The van der Waals surface area contributed by atoms with E-state index in [2.05, 4.69) is 0 Å². The lowest BCUT2D eigenvalue weighted by molar-refractivity contribution is -0.299. The molecule has 0 fully saturated rings. The fraction of sp³-hybridized carbons (Fsp3) is 0.667. The Morgan fingerprint density at radius 3 is 2.50 bits per heavy atom. The van der Waals surface area contributed by atoms with Crippen molar-refractivity contribution in [2.24, 2.45) is 0 Å². The maximum atomic E-state index is 11.1. The quantitative estimate of drug-likeness (QED) is 0.170. The van der Waals surface area contributed by atoms with Gasteiger partial charge in [0.2, 0.25) is 0 Å². The van der Waals surface area contributed by atoms with E-state index in [0.717, 1.165) is 5.57 Å². The number of hydrogen-bond donors (Lipinski definition) is 1. The molecule has 1 atom stereocenters. The van der Waals surface area contributed by atoms with Crippen molar-refractivity contribution in [2.45, 2.75) is 39.7 Å². The Kier molecular flexibility index (Phi) is 8.86. The number of ether oxygens (including phenoxy) is 1. The number of carbonyl (C=O) groups excluding carboxylic acids is 1. The zero-order chi connectivity index (χ0) is 14.0. The van der Waals surface area contributed by atoms with E-state index in [1.807, 2.05) is 19.9 Å². The Labute approximate surface area is 106 Å². The molecule has 0 radical (unpaired) electrons. The molecule has 104 valence electrons. The van der Waals surface area contributed by atoms with Crippen LogP contribution in [0.15, 0.2) is 11.6 Å². The van der Waals surface area contributed by atoms with Crippen LogP contribution in [-0.4, -0.2) is 36.4 Å². The van der Waals surface area contributed by atoms with Crippen LogP contribution in [0, 0.1) is 0 Å². The molecule has 0 bridgehead atoms. The molecule has 0 aliphatic carbocycles.